The molecule has 7 heteroatoms. The molecule has 18 heavy (non-hydrogen) atoms. The number of carbonyl (C=O) groups excluding carboxylic acids is 1. The summed E-state index contributed by atoms with van der Waals surface area (Å²) in [6.07, 6.45) is -0.283. The lowest BCUT2D eigenvalue weighted by molar-refractivity contribution is -0.385. The SMILES string of the molecule is COC(=O)Cc1c([N+](=O)[O-])ccc(C#N)c1CN. The zero-order chi connectivity index (χ0) is 13.7. The predicted molar refractivity (Wildman–Crippen MR) is 61.4 cm³/mol. The Kier molecular flexibility index (Phi) is 4.34. The van der Waals surface area contributed by atoms with E-state index in [1.165, 1.54) is 19.2 Å². The number of nitriles is 1. The van der Waals surface area contributed by atoms with Crippen molar-refractivity contribution in [2.24, 2.45) is 5.73 Å². The fraction of sp³-hybridized carbons (Fsp3) is 0.273. The maximum atomic E-state index is 11.3. The summed E-state index contributed by atoms with van der Waals surface area (Å²) in [4.78, 5) is 21.5. The third-order valence-electron chi connectivity index (χ3n) is 2.48. The average molecular weight is 249 g/mol. The third-order valence-corrected chi connectivity index (χ3v) is 2.48. The van der Waals surface area contributed by atoms with Crippen LogP contribution >= 0.6 is 0 Å². The van der Waals surface area contributed by atoms with E-state index in [0.29, 0.717) is 5.56 Å². The summed E-state index contributed by atoms with van der Waals surface area (Å²) in [6.45, 7) is -0.0586. The number of carbonyl (C=O) groups is 1. The van der Waals surface area contributed by atoms with E-state index in [1.54, 1.807) is 0 Å². The summed E-state index contributed by atoms with van der Waals surface area (Å²) in [6, 6.07) is 4.40. The van der Waals surface area contributed by atoms with Gasteiger partial charge in [-0.2, -0.15) is 5.26 Å². The maximum absolute atomic E-state index is 11.3. The van der Waals surface area contributed by atoms with Crippen molar-refractivity contribution in [3.8, 4) is 6.07 Å². The number of nitro benzene ring substituents is 1. The normalized spacial score (nSPS) is 9.61. The number of nitrogens with zero attached hydrogens (tertiary/aromatic N) is 2. The smallest absolute Gasteiger partial charge is 0.310 e. The second kappa shape index (κ2) is 5.75. The van der Waals surface area contributed by atoms with Crippen LogP contribution in [0.25, 0.3) is 0 Å². The van der Waals surface area contributed by atoms with E-state index in [4.69, 9.17) is 11.0 Å². The minimum absolute atomic E-state index is 0.0586. The molecule has 0 atom stereocenters. The summed E-state index contributed by atoms with van der Waals surface area (Å²) in [5, 5.41) is 19.8. The van der Waals surface area contributed by atoms with Gasteiger partial charge in [0.1, 0.15) is 0 Å². The van der Waals surface area contributed by atoms with Gasteiger partial charge in [0.15, 0.2) is 0 Å². The number of rotatable bonds is 4. The number of nitro groups is 1. The molecule has 1 aromatic rings. The molecule has 0 aliphatic carbocycles. The third kappa shape index (κ3) is 2.61. The van der Waals surface area contributed by atoms with Crippen molar-refractivity contribution in [1.82, 2.24) is 0 Å². The van der Waals surface area contributed by atoms with Gasteiger partial charge in [0.05, 0.1) is 30.1 Å². The Morgan fingerprint density at radius 2 is 2.22 bits per heavy atom. The Balaban J connectivity index is 3.44. The van der Waals surface area contributed by atoms with Crippen LogP contribution in [0.5, 0.6) is 0 Å². The van der Waals surface area contributed by atoms with Crippen molar-refractivity contribution in [1.29, 1.82) is 5.26 Å². The fourth-order valence-corrected chi connectivity index (χ4v) is 1.60. The monoisotopic (exact) mass is 249 g/mol. The molecular formula is C11H11N3O4. The largest absolute Gasteiger partial charge is 0.469 e. The molecule has 0 saturated carbocycles. The number of methoxy groups -OCH3 is 1. The highest BCUT2D eigenvalue weighted by Gasteiger charge is 2.22. The van der Waals surface area contributed by atoms with Crippen LogP contribution in [0.3, 0.4) is 0 Å². The Morgan fingerprint density at radius 1 is 1.56 bits per heavy atom. The molecule has 7 nitrogen and oxygen atoms in total. The first-order valence-electron chi connectivity index (χ1n) is 5.01. The molecule has 0 bridgehead atoms. The van der Waals surface area contributed by atoms with Gasteiger partial charge < -0.3 is 10.5 Å². The average Bonchev–Trinajstić information content (AvgIpc) is 2.37. The van der Waals surface area contributed by atoms with Gasteiger partial charge in [-0.1, -0.05) is 0 Å². The van der Waals surface area contributed by atoms with Crippen molar-refractivity contribution < 1.29 is 14.5 Å². The number of hydrogen-bond donors (Lipinski definition) is 1. The Hall–Kier alpha value is -2.46. The lowest BCUT2D eigenvalue weighted by Crippen LogP contribution is -2.13. The summed E-state index contributed by atoms with van der Waals surface area (Å²) in [7, 11) is 1.18. The van der Waals surface area contributed by atoms with E-state index in [0.717, 1.165) is 0 Å². The predicted octanol–water partition coefficient (Wildman–Crippen LogP) is 0.641. The van der Waals surface area contributed by atoms with Crippen LogP contribution in [-0.4, -0.2) is 18.0 Å². The van der Waals surface area contributed by atoms with Gasteiger partial charge in [0.2, 0.25) is 0 Å². The van der Waals surface area contributed by atoms with Crippen LogP contribution in [0.1, 0.15) is 16.7 Å². The number of nitrogens with two attached hydrogens (primary N) is 1. The molecule has 0 heterocycles. The van der Waals surface area contributed by atoms with Crippen molar-refractivity contribution >= 4 is 11.7 Å². The summed E-state index contributed by atoms with van der Waals surface area (Å²) in [5.74, 6) is -0.622. The van der Waals surface area contributed by atoms with Crippen LogP contribution in [0, 0.1) is 21.4 Å². The molecule has 0 radical (unpaired) electrons. The molecule has 0 unspecified atom stereocenters. The van der Waals surface area contributed by atoms with Crippen LogP contribution in [-0.2, 0) is 22.5 Å². The van der Waals surface area contributed by atoms with E-state index in [-0.39, 0.29) is 29.8 Å². The van der Waals surface area contributed by atoms with Gasteiger partial charge in [-0.15, -0.1) is 0 Å². The standard InChI is InChI=1S/C11H11N3O4/c1-18-11(15)4-8-9(6-13)7(5-12)2-3-10(8)14(16)17/h2-3H,4,6,13H2,1H3. The first kappa shape index (κ1) is 13.6. The highest BCUT2D eigenvalue weighted by molar-refractivity contribution is 5.75. The molecule has 1 rings (SSSR count). The van der Waals surface area contributed by atoms with E-state index in [1.807, 2.05) is 6.07 Å². The maximum Gasteiger partial charge on any atom is 0.310 e. The molecule has 0 amide bonds. The zero-order valence-corrected chi connectivity index (χ0v) is 9.67. The fourth-order valence-electron chi connectivity index (χ4n) is 1.60. The molecule has 1 aromatic carbocycles. The molecule has 0 aliphatic rings. The molecule has 0 spiro atoms. The van der Waals surface area contributed by atoms with Gasteiger partial charge >= 0.3 is 5.97 Å². The molecule has 0 saturated heterocycles. The quantitative estimate of drug-likeness (QED) is 0.475. The Labute approximate surface area is 103 Å². The van der Waals surface area contributed by atoms with Crippen molar-refractivity contribution in [3.05, 3.63) is 38.9 Å². The van der Waals surface area contributed by atoms with Gasteiger partial charge in [0, 0.05) is 18.2 Å². The van der Waals surface area contributed by atoms with Crippen molar-refractivity contribution in [2.45, 2.75) is 13.0 Å². The lowest BCUT2D eigenvalue weighted by Gasteiger charge is -2.09. The van der Waals surface area contributed by atoms with Crippen molar-refractivity contribution in [2.75, 3.05) is 7.11 Å². The minimum Gasteiger partial charge on any atom is -0.469 e. The molecule has 0 aromatic heterocycles. The molecule has 2 N–H and O–H groups in total. The second-order valence-corrected chi connectivity index (χ2v) is 3.42. The van der Waals surface area contributed by atoms with Gasteiger partial charge in [-0.05, 0) is 11.6 Å². The van der Waals surface area contributed by atoms with Gasteiger partial charge in [-0.3, -0.25) is 14.9 Å². The van der Waals surface area contributed by atoms with Gasteiger partial charge in [-0.25, -0.2) is 0 Å². The van der Waals surface area contributed by atoms with E-state index in [2.05, 4.69) is 4.74 Å². The van der Waals surface area contributed by atoms with Crippen LogP contribution in [0.4, 0.5) is 5.69 Å². The molecular weight excluding hydrogens is 238 g/mol. The number of ether oxygens (including phenoxy) is 1. The first-order chi connectivity index (χ1) is 8.54. The Morgan fingerprint density at radius 3 is 2.67 bits per heavy atom. The second-order valence-electron chi connectivity index (χ2n) is 3.42. The Bertz CT molecular complexity index is 534. The van der Waals surface area contributed by atoms with E-state index < -0.39 is 10.9 Å². The van der Waals surface area contributed by atoms with Crippen LogP contribution in [0.2, 0.25) is 0 Å². The van der Waals surface area contributed by atoms with E-state index in [9.17, 15) is 14.9 Å². The highest BCUT2D eigenvalue weighted by Crippen LogP contribution is 2.26. The van der Waals surface area contributed by atoms with E-state index >= 15 is 0 Å². The zero-order valence-electron chi connectivity index (χ0n) is 9.67. The number of esters is 1. The lowest BCUT2D eigenvalue weighted by atomic mass is 9.97. The highest BCUT2D eigenvalue weighted by atomic mass is 16.6. The minimum atomic E-state index is -0.622. The molecule has 0 fully saturated rings. The number of benzene rings is 1. The molecule has 94 valence electrons. The first-order valence-corrected chi connectivity index (χ1v) is 5.01. The van der Waals surface area contributed by atoms with Crippen LogP contribution < -0.4 is 5.73 Å². The van der Waals surface area contributed by atoms with Crippen molar-refractivity contribution in [3.63, 3.8) is 0 Å². The summed E-state index contributed by atoms with van der Waals surface area (Å²) < 4.78 is 4.48. The molecule has 0 aliphatic heterocycles. The summed E-state index contributed by atoms with van der Waals surface area (Å²) in [5.41, 5.74) is 5.91. The van der Waals surface area contributed by atoms with Gasteiger partial charge in [0.25, 0.3) is 5.69 Å². The van der Waals surface area contributed by atoms with Crippen LogP contribution in [0.15, 0.2) is 12.1 Å². The summed E-state index contributed by atoms with van der Waals surface area (Å²) >= 11 is 0. The topological polar surface area (TPSA) is 119 Å². The number of hydrogen-bond acceptors (Lipinski definition) is 6.